The quantitative estimate of drug-likeness (QED) is 0.608. The first kappa shape index (κ1) is 23.4. The highest BCUT2D eigenvalue weighted by atomic mass is 28.4. The molecule has 0 bridgehead atoms. The van der Waals surface area contributed by atoms with Gasteiger partial charge in [-0.15, -0.1) is 0 Å². The van der Waals surface area contributed by atoms with Gasteiger partial charge in [0.2, 0.25) is 0 Å². The highest BCUT2D eigenvalue weighted by Gasteiger charge is 2.49. The van der Waals surface area contributed by atoms with E-state index < -0.39 is 25.6 Å². The number of carbonyl (C=O) groups is 2. The zero-order valence-corrected chi connectivity index (χ0v) is 20.0. The number of amides is 2. The molecule has 1 atom stereocenters. The highest BCUT2D eigenvalue weighted by molar-refractivity contribution is 6.74. The van der Waals surface area contributed by atoms with Crippen molar-refractivity contribution < 1.29 is 18.8 Å². The minimum atomic E-state index is -2.09. The molecule has 0 aliphatic carbocycles. The van der Waals surface area contributed by atoms with Gasteiger partial charge in [0.25, 0.3) is 5.91 Å². The maximum absolute atomic E-state index is 13.0. The molecule has 0 spiro atoms. The number of imide groups is 1. The summed E-state index contributed by atoms with van der Waals surface area (Å²) < 4.78 is 12.1. The third-order valence-electron chi connectivity index (χ3n) is 5.62. The SMILES string of the molecule is CC(C)(C)OC(=O)N1C(=O)C=CC1(CO[Si](C)(C)C(C)(C)C)Cc1ccccc1. The van der Waals surface area contributed by atoms with Gasteiger partial charge >= 0.3 is 6.09 Å². The molecule has 0 fully saturated rings. The molecule has 0 aromatic heterocycles. The van der Waals surface area contributed by atoms with E-state index >= 15 is 0 Å². The number of benzene rings is 1. The van der Waals surface area contributed by atoms with Crippen molar-refractivity contribution in [3.05, 3.63) is 48.0 Å². The maximum Gasteiger partial charge on any atom is 0.418 e. The Labute approximate surface area is 176 Å². The summed E-state index contributed by atoms with van der Waals surface area (Å²) in [6.07, 6.45) is 3.10. The van der Waals surface area contributed by atoms with Crippen LogP contribution >= 0.6 is 0 Å². The summed E-state index contributed by atoms with van der Waals surface area (Å²) in [4.78, 5) is 27.0. The lowest BCUT2D eigenvalue weighted by molar-refractivity contribution is -0.128. The van der Waals surface area contributed by atoms with E-state index in [0.717, 1.165) is 5.56 Å². The number of hydrogen-bond acceptors (Lipinski definition) is 4. The van der Waals surface area contributed by atoms with Crippen LogP contribution in [-0.4, -0.2) is 43.0 Å². The molecule has 1 aromatic rings. The van der Waals surface area contributed by atoms with Crippen molar-refractivity contribution in [2.24, 2.45) is 0 Å². The van der Waals surface area contributed by atoms with E-state index in [1.807, 2.05) is 30.3 Å². The summed E-state index contributed by atoms with van der Waals surface area (Å²) in [5.74, 6) is -0.367. The Morgan fingerprint density at radius 2 is 1.66 bits per heavy atom. The topological polar surface area (TPSA) is 55.8 Å². The molecule has 29 heavy (non-hydrogen) atoms. The first-order valence-electron chi connectivity index (χ1n) is 10.1. The fourth-order valence-electron chi connectivity index (χ4n) is 2.95. The smallest absolute Gasteiger partial charge is 0.418 e. The molecule has 1 heterocycles. The Balaban J connectivity index is 2.41. The Morgan fingerprint density at radius 3 is 2.17 bits per heavy atom. The van der Waals surface area contributed by atoms with Gasteiger partial charge in [-0.25, -0.2) is 9.69 Å². The molecule has 160 valence electrons. The van der Waals surface area contributed by atoms with Gasteiger partial charge in [0.1, 0.15) is 5.60 Å². The highest BCUT2D eigenvalue weighted by Crippen LogP contribution is 2.39. The lowest BCUT2D eigenvalue weighted by Crippen LogP contribution is -2.57. The maximum atomic E-state index is 13.0. The first-order chi connectivity index (χ1) is 13.2. The van der Waals surface area contributed by atoms with E-state index in [1.165, 1.54) is 11.0 Å². The molecule has 0 radical (unpaired) electrons. The summed E-state index contributed by atoms with van der Waals surface area (Å²) in [6, 6.07) is 9.85. The van der Waals surface area contributed by atoms with Crippen LogP contribution < -0.4 is 0 Å². The van der Waals surface area contributed by atoms with Gasteiger partial charge in [0.05, 0.1) is 12.1 Å². The lowest BCUT2D eigenvalue weighted by atomic mass is 9.91. The van der Waals surface area contributed by atoms with Gasteiger partial charge in [-0.05, 0) is 44.5 Å². The molecule has 2 rings (SSSR count). The molecule has 1 aliphatic rings. The largest absolute Gasteiger partial charge is 0.443 e. The van der Waals surface area contributed by atoms with Crippen LogP contribution in [0.2, 0.25) is 18.1 Å². The molecule has 1 aromatic carbocycles. The van der Waals surface area contributed by atoms with Crippen LogP contribution in [0.1, 0.15) is 47.1 Å². The van der Waals surface area contributed by atoms with Crippen molar-refractivity contribution in [1.29, 1.82) is 0 Å². The number of hydrogen-bond donors (Lipinski definition) is 0. The van der Waals surface area contributed by atoms with Crippen molar-refractivity contribution in [3.63, 3.8) is 0 Å². The second-order valence-electron chi connectivity index (χ2n) is 10.3. The second-order valence-corrected chi connectivity index (χ2v) is 15.1. The molecule has 1 aliphatic heterocycles. The number of carbonyl (C=O) groups excluding carboxylic acids is 2. The minimum Gasteiger partial charge on any atom is -0.443 e. The van der Waals surface area contributed by atoms with Crippen molar-refractivity contribution in [1.82, 2.24) is 4.90 Å². The molecule has 1 unspecified atom stereocenters. The summed E-state index contributed by atoms with van der Waals surface area (Å²) in [5.41, 5.74) is -0.575. The fourth-order valence-corrected chi connectivity index (χ4v) is 3.99. The molecule has 0 N–H and O–H groups in total. The van der Waals surface area contributed by atoms with E-state index in [2.05, 4.69) is 33.9 Å². The molecule has 0 saturated carbocycles. The standard InChI is InChI=1S/C23H35NO4Si/c1-21(2,3)28-20(26)24-19(25)14-15-23(24,16-18-12-10-9-11-13-18)17-27-29(7,8)22(4,5)6/h9-15H,16-17H2,1-8H3. The number of nitrogens with zero attached hydrogens (tertiary/aromatic N) is 1. The van der Waals surface area contributed by atoms with Crippen LogP contribution in [0, 0.1) is 0 Å². The van der Waals surface area contributed by atoms with Gasteiger partial charge in [0, 0.05) is 12.5 Å². The number of ether oxygens (including phenoxy) is 1. The second kappa shape index (κ2) is 8.07. The van der Waals surface area contributed by atoms with E-state index in [4.69, 9.17) is 9.16 Å². The normalized spacial score (nSPS) is 20.3. The average Bonchev–Trinajstić information content (AvgIpc) is 2.88. The molecular weight excluding hydrogens is 382 g/mol. The van der Waals surface area contributed by atoms with Crippen LogP contribution in [0.25, 0.3) is 0 Å². The molecule has 6 heteroatoms. The average molecular weight is 418 g/mol. The minimum absolute atomic E-state index is 0.0179. The van der Waals surface area contributed by atoms with Gasteiger partial charge in [-0.3, -0.25) is 4.79 Å². The van der Waals surface area contributed by atoms with Crippen LogP contribution in [0.4, 0.5) is 4.79 Å². The van der Waals surface area contributed by atoms with Gasteiger partial charge < -0.3 is 9.16 Å². The first-order valence-corrected chi connectivity index (χ1v) is 13.0. The van der Waals surface area contributed by atoms with Crippen molar-refractivity contribution in [2.75, 3.05) is 6.61 Å². The molecule has 0 saturated heterocycles. The zero-order valence-electron chi connectivity index (χ0n) is 19.0. The summed E-state index contributed by atoms with van der Waals surface area (Å²) >= 11 is 0. The van der Waals surface area contributed by atoms with Crippen molar-refractivity contribution >= 4 is 20.3 Å². The predicted octanol–water partition coefficient (Wildman–Crippen LogP) is 5.32. The molecular formula is C23H35NO4Si. The lowest BCUT2D eigenvalue weighted by Gasteiger charge is -2.42. The summed E-state index contributed by atoms with van der Waals surface area (Å²) in [7, 11) is -2.09. The molecule has 2 amide bonds. The Hall–Kier alpha value is -1.92. The van der Waals surface area contributed by atoms with E-state index in [-0.39, 0.29) is 17.6 Å². The van der Waals surface area contributed by atoms with Crippen LogP contribution in [0.5, 0.6) is 0 Å². The monoisotopic (exact) mass is 417 g/mol. The van der Waals surface area contributed by atoms with Gasteiger partial charge in [-0.2, -0.15) is 0 Å². The summed E-state index contributed by atoms with van der Waals surface area (Å²) in [6.45, 7) is 16.5. The zero-order chi connectivity index (χ0) is 22.1. The Kier molecular flexibility index (Phi) is 6.50. The van der Waals surface area contributed by atoms with E-state index in [1.54, 1.807) is 26.8 Å². The van der Waals surface area contributed by atoms with Crippen molar-refractivity contribution in [2.45, 2.75) is 77.2 Å². The van der Waals surface area contributed by atoms with Crippen LogP contribution in [0.15, 0.2) is 42.5 Å². The molecule has 5 nitrogen and oxygen atoms in total. The van der Waals surface area contributed by atoms with Gasteiger partial charge in [0.15, 0.2) is 8.32 Å². The van der Waals surface area contributed by atoms with Crippen LogP contribution in [-0.2, 0) is 20.4 Å². The van der Waals surface area contributed by atoms with Gasteiger partial charge in [-0.1, -0.05) is 57.2 Å². The Morgan fingerprint density at radius 1 is 1.07 bits per heavy atom. The fraction of sp³-hybridized carbons (Fsp3) is 0.565. The number of rotatable bonds is 5. The summed E-state index contributed by atoms with van der Waals surface area (Å²) in [5, 5.41) is 0.0179. The third-order valence-corrected chi connectivity index (χ3v) is 10.1. The van der Waals surface area contributed by atoms with E-state index in [0.29, 0.717) is 6.42 Å². The van der Waals surface area contributed by atoms with E-state index in [9.17, 15) is 9.59 Å². The Bertz CT molecular complexity index is 774. The predicted molar refractivity (Wildman–Crippen MR) is 118 cm³/mol. The van der Waals surface area contributed by atoms with Crippen LogP contribution in [0.3, 0.4) is 0 Å². The van der Waals surface area contributed by atoms with Crippen molar-refractivity contribution in [3.8, 4) is 0 Å². The third kappa shape index (κ3) is 5.57.